The third-order valence-corrected chi connectivity index (χ3v) is 8.29. The number of hydrogen-bond acceptors (Lipinski definition) is 5. The van der Waals surface area contributed by atoms with Crippen LogP contribution in [0.3, 0.4) is 0 Å². The smallest absolute Gasteiger partial charge is 0.164 e. The summed E-state index contributed by atoms with van der Waals surface area (Å²) in [6.07, 6.45) is 5.52. The third-order valence-electron chi connectivity index (χ3n) is 8.29. The summed E-state index contributed by atoms with van der Waals surface area (Å²) < 4.78 is 0. The summed E-state index contributed by atoms with van der Waals surface area (Å²) in [4.78, 5) is 23.8. The molecule has 226 valence electrons. The fourth-order valence-electron chi connectivity index (χ4n) is 5.76. The number of aromatic nitrogens is 5. The van der Waals surface area contributed by atoms with Gasteiger partial charge in [-0.1, -0.05) is 127 Å². The third kappa shape index (κ3) is 6.13. The molecule has 8 aromatic rings. The molecule has 0 bridgehead atoms. The van der Waals surface area contributed by atoms with Crippen LogP contribution in [0, 0.1) is 0 Å². The van der Waals surface area contributed by atoms with E-state index in [1.165, 1.54) is 5.56 Å². The van der Waals surface area contributed by atoms with Gasteiger partial charge in [-0.3, -0.25) is 9.97 Å². The van der Waals surface area contributed by atoms with E-state index in [4.69, 9.17) is 19.9 Å². The van der Waals surface area contributed by atoms with Crippen molar-refractivity contribution in [3.05, 3.63) is 176 Å². The molecule has 48 heavy (non-hydrogen) atoms. The van der Waals surface area contributed by atoms with Gasteiger partial charge < -0.3 is 0 Å². The maximum Gasteiger partial charge on any atom is 0.164 e. The van der Waals surface area contributed by atoms with Crippen molar-refractivity contribution < 1.29 is 0 Å². The zero-order chi connectivity index (χ0) is 32.1. The molecule has 0 aliphatic rings. The average Bonchev–Trinajstić information content (AvgIpc) is 3.19. The number of benzene rings is 5. The van der Waals surface area contributed by atoms with Crippen molar-refractivity contribution in [1.82, 2.24) is 24.9 Å². The molecular weight excluding hydrogens is 587 g/mol. The summed E-state index contributed by atoms with van der Waals surface area (Å²) >= 11 is 0. The minimum atomic E-state index is 0.624. The van der Waals surface area contributed by atoms with Gasteiger partial charge in [0.15, 0.2) is 17.5 Å². The van der Waals surface area contributed by atoms with Gasteiger partial charge in [-0.25, -0.2) is 15.0 Å². The molecule has 0 aliphatic carbocycles. The molecule has 5 aromatic carbocycles. The summed E-state index contributed by atoms with van der Waals surface area (Å²) in [5.41, 5.74) is 11.3. The second-order valence-electron chi connectivity index (χ2n) is 11.5. The first-order chi connectivity index (χ1) is 23.8. The van der Waals surface area contributed by atoms with Crippen LogP contribution in [0.15, 0.2) is 176 Å². The molecule has 0 atom stereocenters. The molecule has 3 heterocycles. The second-order valence-corrected chi connectivity index (χ2v) is 11.5. The Morgan fingerprint density at radius 2 is 0.750 bits per heavy atom. The van der Waals surface area contributed by atoms with Crippen LogP contribution in [-0.2, 0) is 0 Å². The number of pyridine rings is 2. The van der Waals surface area contributed by atoms with Gasteiger partial charge in [-0.15, -0.1) is 0 Å². The highest BCUT2D eigenvalue weighted by Gasteiger charge is 2.14. The molecule has 8 rings (SSSR count). The van der Waals surface area contributed by atoms with Gasteiger partial charge in [-0.05, 0) is 58.1 Å². The monoisotopic (exact) mass is 615 g/mol. The Hall–Kier alpha value is -6.59. The van der Waals surface area contributed by atoms with Gasteiger partial charge in [0.1, 0.15) is 0 Å². The number of rotatable bonds is 7. The van der Waals surface area contributed by atoms with Crippen LogP contribution in [0.5, 0.6) is 0 Å². The van der Waals surface area contributed by atoms with E-state index in [1.807, 2.05) is 67.0 Å². The Kier molecular flexibility index (Phi) is 7.83. The summed E-state index contributed by atoms with van der Waals surface area (Å²) in [5, 5.41) is 0. The van der Waals surface area contributed by atoms with Crippen LogP contribution in [0.25, 0.3) is 78.8 Å². The zero-order valence-corrected chi connectivity index (χ0v) is 26.0. The van der Waals surface area contributed by atoms with Gasteiger partial charge in [-0.2, -0.15) is 0 Å². The number of hydrogen-bond donors (Lipinski definition) is 0. The molecule has 0 aliphatic heterocycles. The molecule has 0 amide bonds. The Morgan fingerprint density at radius 1 is 0.292 bits per heavy atom. The lowest BCUT2D eigenvalue weighted by molar-refractivity contribution is 1.07. The van der Waals surface area contributed by atoms with E-state index in [9.17, 15) is 0 Å². The highest BCUT2D eigenvalue weighted by molar-refractivity contribution is 5.77. The van der Waals surface area contributed by atoms with E-state index in [-0.39, 0.29) is 0 Å². The first-order valence-electron chi connectivity index (χ1n) is 15.8. The quantitative estimate of drug-likeness (QED) is 0.178. The van der Waals surface area contributed by atoms with Crippen molar-refractivity contribution in [2.24, 2.45) is 0 Å². The second kappa shape index (κ2) is 13.0. The van der Waals surface area contributed by atoms with Crippen molar-refractivity contribution in [1.29, 1.82) is 0 Å². The highest BCUT2D eigenvalue weighted by Crippen LogP contribution is 2.31. The first-order valence-corrected chi connectivity index (χ1v) is 15.8. The lowest BCUT2D eigenvalue weighted by Crippen LogP contribution is -2.00. The molecule has 0 saturated carbocycles. The largest absolute Gasteiger partial charge is 0.264 e. The zero-order valence-electron chi connectivity index (χ0n) is 26.0. The molecule has 0 N–H and O–H groups in total. The van der Waals surface area contributed by atoms with E-state index < -0.39 is 0 Å². The summed E-state index contributed by atoms with van der Waals surface area (Å²) in [7, 11) is 0. The standard InChI is InChI=1S/C43H29N5/c1-3-10-30(11-4-1)31-19-21-33(22-20-31)42-46-41(32-12-5-2-6-13-32)47-43(48-42)37-17-8-15-35(27-37)34-14-7-16-36(26-34)38-23-24-40(45-29-38)39-18-9-25-44-28-39/h1-29H. The fourth-order valence-corrected chi connectivity index (χ4v) is 5.76. The minimum Gasteiger partial charge on any atom is -0.264 e. The van der Waals surface area contributed by atoms with Crippen LogP contribution < -0.4 is 0 Å². The Morgan fingerprint density at radius 3 is 1.35 bits per heavy atom. The Balaban J connectivity index is 1.14. The molecule has 0 saturated heterocycles. The van der Waals surface area contributed by atoms with E-state index in [0.717, 1.165) is 55.8 Å². The predicted octanol–water partition coefficient (Wildman–Crippen LogP) is 10.3. The van der Waals surface area contributed by atoms with E-state index in [0.29, 0.717) is 17.5 Å². The molecular formula is C43H29N5. The summed E-state index contributed by atoms with van der Waals surface area (Å²) in [6.45, 7) is 0. The lowest BCUT2D eigenvalue weighted by Gasteiger charge is -2.11. The maximum absolute atomic E-state index is 5.00. The summed E-state index contributed by atoms with van der Waals surface area (Å²) in [6, 6.07) is 53.8. The molecule has 0 radical (unpaired) electrons. The number of nitrogens with zero attached hydrogens (tertiary/aromatic N) is 5. The van der Waals surface area contributed by atoms with Crippen molar-refractivity contribution in [2.75, 3.05) is 0 Å². The van der Waals surface area contributed by atoms with Crippen LogP contribution in [0.2, 0.25) is 0 Å². The highest BCUT2D eigenvalue weighted by atomic mass is 15.0. The van der Waals surface area contributed by atoms with E-state index in [2.05, 4.69) is 108 Å². The normalized spacial score (nSPS) is 10.9. The summed E-state index contributed by atoms with van der Waals surface area (Å²) in [5.74, 6) is 1.89. The Labute approximate surface area is 279 Å². The molecule has 3 aromatic heterocycles. The van der Waals surface area contributed by atoms with Gasteiger partial charge in [0.05, 0.1) is 5.69 Å². The lowest BCUT2D eigenvalue weighted by atomic mass is 9.98. The van der Waals surface area contributed by atoms with Gasteiger partial charge in [0.25, 0.3) is 0 Å². The van der Waals surface area contributed by atoms with Crippen LogP contribution in [-0.4, -0.2) is 24.9 Å². The molecule has 5 heteroatoms. The van der Waals surface area contributed by atoms with Crippen molar-refractivity contribution in [2.45, 2.75) is 0 Å². The van der Waals surface area contributed by atoms with Crippen molar-refractivity contribution in [3.8, 4) is 78.8 Å². The molecule has 0 fully saturated rings. The SMILES string of the molecule is c1ccc(-c2ccc(-c3nc(-c4ccccc4)nc(-c4cccc(-c5cccc(-c6ccc(-c7cccnc7)nc6)c5)c4)n3)cc2)cc1. The van der Waals surface area contributed by atoms with Crippen molar-refractivity contribution >= 4 is 0 Å². The molecule has 0 unspecified atom stereocenters. The molecule has 5 nitrogen and oxygen atoms in total. The first kappa shape index (κ1) is 28.9. The van der Waals surface area contributed by atoms with Crippen LogP contribution >= 0.6 is 0 Å². The van der Waals surface area contributed by atoms with Crippen LogP contribution in [0.4, 0.5) is 0 Å². The fraction of sp³-hybridized carbons (Fsp3) is 0. The van der Waals surface area contributed by atoms with Crippen LogP contribution in [0.1, 0.15) is 0 Å². The maximum atomic E-state index is 5.00. The Bertz CT molecular complexity index is 2300. The topological polar surface area (TPSA) is 64.5 Å². The minimum absolute atomic E-state index is 0.624. The van der Waals surface area contributed by atoms with E-state index >= 15 is 0 Å². The van der Waals surface area contributed by atoms with Crippen molar-refractivity contribution in [3.63, 3.8) is 0 Å². The predicted molar refractivity (Wildman–Crippen MR) is 193 cm³/mol. The van der Waals surface area contributed by atoms with Gasteiger partial charge in [0.2, 0.25) is 0 Å². The van der Waals surface area contributed by atoms with Gasteiger partial charge >= 0.3 is 0 Å². The average molecular weight is 616 g/mol. The molecule has 0 spiro atoms. The van der Waals surface area contributed by atoms with Gasteiger partial charge in [0, 0.05) is 46.4 Å². The van der Waals surface area contributed by atoms with E-state index in [1.54, 1.807) is 6.20 Å².